The Bertz CT molecular complexity index is 1490. The number of sulfonamides is 1. The first-order valence-corrected chi connectivity index (χ1v) is 12.7. The summed E-state index contributed by atoms with van der Waals surface area (Å²) in [6, 6.07) is 0.591. The van der Waals surface area contributed by atoms with Crippen molar-refractivity contribution in [2.75, 3.05) is 0 Å². The predicted molar refractivity (Wildman–Crippen MR) is 119 cm³/mol. The zero-order valence-corrected chi connectivity index (χ0v) is 20.9. The van der Waals surface area contributed by atoms with E-state index in [4.69, 9.17) is 0 Å². The van der Waals surface area contributed by atoms with Crippen LogP contribution in [0.25, 0.3) is 5.69 Å². The molecule has 0 bridgehead atoms. The number of benzene rings is 1. The Kier molecular flexibility index (Phi) is 7.61. The normalized spacial score (nSPS) is 20.6. The highest BCUT2D eigenvalue weighted by Crippen LogP contribution is 2.34. The molecule has 3 heterocycles. The van der Waals surface area contributed by atoms with E-state index in [1.165, 1.54) is 6.92 Å². The molecule has 1 N–H and O–H groups in total. The van der Waals surface area contributed by atoms with Crippen molar-refractivity contribution >= 4 is 15.9 Å². The molecule has 0 saturated carbocycles. The van der Waals surface area contributed by atoms with Gasteiger partial charge in [0.2, 0.25) is 21.8 Å². The molecule has 1 aromatic carbocycles. The molecule has 1 aliphatic heterocycles. The van der Waals surface area contributed by atoms with Gasteiger partial charge in [-0.1, -0.05) is 0 Å². The van der Waals surface area contributed by atoms with Gasteiger partial charge in [-0.25, -0.2) is 31.8 Å². The number of nitrogens with one attached hydrogen (secondary N) is 1. The quantitative estimate of drug-likeness (QED) is 0.434. The van der Waals surface area contributed by atoms with Crippen LogP contribution in [0.1, 0.15) is 30.4 Å². The minimum atomic E-state index is -5.05. The summed E-state index contributed by atoms with van der Waals surface area (Å²) in [7, 11) is -4.52. The van der Waals surface area contributed by atoms with Crippen LogP contribution in [0, 0.1) is 5.82 Å². The number of hydrogen-bond donors (Lipinski definition) is 1. The predicted octanol–water partition coefficient (Wildman–Crippen LogP) is 3.65. The number of nitrogens with zero attached hydrogens (tertiary/aromatic N) is 5. The fraction of sp³-hybridized carbons (Fsp3) is 0.364. The van der Waals surface area contributed by atoms with E-state index in [0.29, 0.717) is 21.4 Å². The van der Waals surface area contributed by atoms with Crippen LogP contribution in [0.15, 0.2) is 47.8 Å². The van der Waals surface area contributed by atoms with E-state index >= 15 is 0 Å². The molecule has 40 heavy (non-hydrogen) atoms. The average Bonchev–Trinajstić information content (AvgIpc) is 3.44. The molecule has 1 unspecified atom stereocenters. The molecular weight excluding hydrogens is 580 g/mol. The van der Waals surface area contributed by atoms with Crippen molar-refractivity contribution in [3.05, 3.63) is 65.8 Å². The summed E-state index contributed by atoms with van der Waals surface area (Å²) in [6.07, 6.45) is -10.3. The van der Waals surface area contributed by atoms with Crippen molar-refractivity contribution < 1.29 is 48.3 Å². The highest BCUT2D eigenvalue weighted by Gasteiger charge is 2.49. The lowest BCUT2D eigenvalue weighted by Crippen LogP contribution is -2.48. The van der Waals surface area contributed by atoms with E-state index in [1.54, 1.807) is 0 Å². The summed E-state index contributed by atoms with van der Waals surface area (Å²) >= 11 is 0. The third-order valence-corrected chi connectivity index (χ3v) is 8.05. The van der Waals surface area contributed by atoms with Gasteiger partial charge in [0.15, 0.2) is 5.69 Å². The highest BCUT2D eigenvalue weighted by molar-refractivity contribution is 7.89. The lowest BCUT2D eigenvalue weighted by molar-refractivity contribution is -0.145. The zero-order chi connectivity index (χ0) is 29.6. The molecule has 1 saturated heterocycles. The lowest BCUT2D eigenvalue weighted by Gasteiger charge is -2.26. The summed E-state index contributed by atoms with van der Waals surface area (Å²) in [5.74, 6) is -3.38. The number of aromatic nitrogens is 4. The Labute approximate surface area is 220 Å². The van der Waals surface area contributed by atoms with Gasteiger partial charge in [0, 0.05) is 24.7 Å². The van der Waals surface area contributed by atoms with Crippen LogP contribution in [-0.4, -0.2) is 56.6 Å². The number of halogens is 8. The fourth-order valence-corrected chi connectivity index (χ4v) is 5.90. The number of carbonyl (C=O) groups excluding carboxylic acids is 1. The van der Waals surface area contributed by atoms with Gasteiger partial charge in [-0.2, -0.15) is 35.7 Å². The van der Waals surface area contributed by atoms with Gasteiger partial charge in [0.05, 0.1) is 23.3 Å². The van der Waals surface area contributed by atoms with E-state index in [2.05, 4.69) is 20.4 Å². The van der Waals surface area contributed by atoms with Gasteiger partial charge < -0.3 is 5.32 Å². The summed E-state index contributed by atoms with van der Waals surface area (Å²) in [4.78, 5) is 18.6. The third-order valence-electron chi connectivity index (χ3n) is 6.04. The standard InChI is InChI=1S/C22H18F8N6O3S/c1-11-16(24)6-17(36(11)40(38,39)15-4-2-13(23)3-5-15)19(37)31-7-12-10-35(34-18(12)21(25,26)27)14-8-32-20(33-9-14)22(28,29)30/h2-5,8-11,16-17H,6-7H2,1H3,(H,31,37)/t11-,16+,17?/m0/s1. The van der Waals surface area contributed by atoms with Gasteiger partial charge in [-0.05, 0) is 31.2 Å². The molecule has 9 nitrogen and oxygen atoms in total. The van der Waals surface area contributed by atoms with E-state index in [9.17, 15) is 48.3 Å². The van der Waals surface area contributed by atoms with Crippen molar-refractivity contribution in [3.8, 4) is 5.69 Å². The summed E-state index contributed by atoms with van der Waals surface area (Å²) in [6.45, 7) is 0.360. The summed E-state index contributed by atoms with van der Waals surface area (Å²) in [5, 5.41) is 5.47. The van der Waals surface area contributed by atoms with Crippen LogP contribution in [0.4, 0.5) is 35.1 Å². The second kappa shape index (κ2) is 10.4. The average molecular weight is 598 g/mol. The minimum absolute atomic E-state index is 0.350. The lowest BCUT2D eigenvalue weighted by atomic mass is 10.1. The molecule has 1 aliphatic rings. The maximum atomic E-state index is 14.6. The SMILES string of the molecule is C[C@H]1[C@H](F)CC(C(=O)NCc2cn(-c3cnc(C(F)(F)F)nc3)nc2C(F)(F)F)N1S(=O)(=O)c1ccc(F)cc1. The first kappa shape index (κ1) is 29.3. The summed E-state index contributed by atoms with van der Waals surface area (Å²) in [5.41, 5.74) is -2.47. The second-order valence-corrected chi connectivity index (χ2v) is 10.6. The van der Waals surface area contributed by atoms with Crippen molar-refractivity contribution in [1.29, 1.82) is 0 Å². The third kappa shape index (κ3) is 5.77. The van der Waals surface area contributed by atoms with Gasteiger partial charge in [-0.3, -0.25) is 4.79 Å². The molecule has 216 valence electrons. The molecule has 18 heteroatoms. The fourth-order valence-electron chi connectivity index (χ4n) is 4.09. The minimum Gasteiger partial charge on any atom is -0.350 e. The zero-order valence-electron chi connectivity index (χ0n) is 20.1. The van der Waals surface area contributed by atoms with Gasteiger partial charge in [0.25, 0.3) is 0 Å². The summed E-state index contributed by atoms with van der Waals surface area (Å²) < 4.78 is 134. The molecular formula is C22H18F8N6O3S. The first-order chi connectivity index (χ1) is 18.5. The molecule has 3 aromatic rings. The maximum absolute atomic E-state index is 14.6. The Morgan fingerprint density at radius 3 is 2.20 bits per heavy atom. The smallest absolute Gasteiger partial charge is 0.350 e. The molecule has 0 radical (unpaired) electrons. The van der Waals surface area contributed by atoms with Crippen LogP contribution in [0.5, 0.6) is 0 Å². The Morgan fingerprint density at radius 1 is 1.05 bits per heavy atom. The van der Waals surface area contributed by atoms with Gasteiger partial charge in [0.1, 0.15) is 23.7 Å². The Morgan fingerprint density at radius 2 is 1.65 bits per heavy atom. The highest BCUT2D eigenvalue weighted by atomic mass is 32.2. The second-order valence-electron chi connectivity index (χ2n) is 8.72. The van der Waals surface area contributed by atoms with Crippen molar-refractivity contribution in [2.45, 2.75) is 55.4 Å². The molecule has 2 aromatic heterocycles. The van der Waals surface area contributed by atoms with Crippen molar-refractivity contribution in [3.63, 3.8) is 0 Å². The molecule has 1 fully saturated rings. The Balaban J connectivity index is 1.58. The number of alkyl halides is 7. The van der Waals surface area contributed by atoms with E-state index in [-0.39, 0.29) is 5.69 Å². The molecule has 3 atom stereocenters. The molecule has 0 spiro atoms. The van der Waals surface area contributed by atoms with Crippen LogP contribution >= 0.6 is 0 Å². The van der Waals surface area contributed by atoms with Crippen molar-refractivity contribution in [1.82, 2.24) is 29.4 Å². The van der Waals surface area contributed by atoms with E-state index in [1.807, 2.05) is 0 Å². The molecule has 0 aliphatic carbocycles. The number of hydrogen-bond acceptors (Lipinski definition) is 6. The molecule has 1 amide bonds. The number of rotatable bonds is 6. The number of amides is 1. The van der Waals surface area contributed by atoms with E-state index in [0.717, 1.165) is 30.5 Å². The molecule has 4 rings (SSSR count). The van der Waals surface area contributed by atoms with Crippen LogP contribution < -0.4 is 5.32 Å². The van der Waals surface area contributed by atoms with Crippen LogP contribution in [0.2, 0.25) is 0 Å². The largest absolute Gasteiger partial charge is 0.451 e. The van der Waals surface area contributed by atoms with Gasteiger partial charge in [-0.15, -0.1) is 0 Å². The van der Waals surface area contributed by atoms with Crippen LogP contribution in [-0.2, 0) is 33.7 Å². The Hall–Kier alpha value is -3.67. The van der Waals surface area contributed by atoms with Crippen LogP contribution in [0.3, 0.4) is 0 Å². The van der Waals surface area contributed by atoms with Crippen molar-refractivity contribution in [2.24, 2.45) is 0 Å². The maximum Gasteiger partial charge on any atom is 0.451 e. The monoisotopic (exact) mass is 598 g/mol. The number of carbonyl (C=O) groups is 1. The van der Waals surface area contributed by atoms with E-state index < -0.39 is 87.3 Å². The van der Waals surface area contributed by atoms with Gasteiger partial charge >= 0.3 is 12.4 Å². The first-order valence-electron chi connectivity index (χ1n) is 11.3. The topological polar surface area (TPSA) is 110 Å².